The number of allylic oxidation sites excluding steroid dienone is 2. The van der Waals surface area contributed by atoms with E-state index in [9.17, 15) is 0 Å². The normalized spacial score (nSPS) is 25.4. The molecule has 0 fully saturated rings. The third-order valence-electron chi connectivity index (χ3n) is 2.48. The van der Waals surface area contributed by atoms with Crippen molar-refractivity contribution in [3.63, 3.8) is 0 Å². The van der Waals surface area contributed by atoms with Crippen molar-refractivity contribution in [3.8, 4) is 0 Å². The zero-order valence-electron chi connectivity index (χ0n) is 9.20. The molecule has 1 heterocycles. The predicted octanol–water partition coefficient (Wildman–Crippen LogP) is 2.77. The lowest BCUT2D eigenvalue weighted by molar-refractivity contribution is 0.585. The number of aliphatic imine (C=N–C) groups is 2. The van der Waals surface area contributed by atoms with Gasteiger partial charge in [0.25, 0.3) is 0 Å². The second-order valence-electron chi connectivity index (χ2n) is 4.88. The molecule has 0 spiro atoms. The fourth-order valence-electron chi connectivity index (χ4n) is 1.61. The second kappa shape index (κ2) is 2.91. The van der Waals surface area contributed by atoms with E-state index in [0.29, 0.717) is 0 Å². The Morgan fingerprint density at radius 1 is 1.29 bits per heavy atom. The largest absolute Gasteiger partial charge is 0.256 e. The minimum Gasteiger partial charge on any atom is -0.256 e. The molecule has 0 aromatic heterocycles. The smallest absolute Gasteiger partial charge is 0.130 e. The average molecular weight is 188 g/mol. The van der Waals surface area contributed by atoms with Crippen LogP contribution < -0.4 is 0 Å². The Labute approximate surface area is 85.2 Å². The molecule has 1 atom stereocenters. The van der Waals surface area contributed by atoms with Crippen molar-refractivity contribution < 1.29 is 0 Å². The van der Waals surface area contributed by atoms with Crippen molar-refractivity contribution in [3.05, 3.63) is 23.8 Å². The molecule has 0 bridgehead atoms. The molecule has 1 aliphatic carbocycles. The van der Waals surface area contributed by atoms with Gasteiger partial charge in [0.1, 0.15) is 11.9 Å². The summed E-state index contributed by atoms with van der Waals surface area (Å²) < 4.78 is 0. The number of hydrogen-bond acceptors (Lipinski definition) is 2. The molecular formula is C12H16N2. The highest BCUT2D eigenvalue weighted by Gasteiger charge is 2.29. The first kappa shape index (κ1) is 9.38. The average Bonchev–Trinajstić information content (AvgIpc) is 2.48. The van der Waals surface area contributed by atoms with Crippen molar-refractivity contribution in [2.75, 3.05) is 0 Å². The Hall–Kier alpha value is -1.18. The molecule has 1 unspecified atom stereocenters. The summed E-state index contributed by atoms with van der Waals surface area (Å²) in [6.07, 6.45) is 6.26. The highest BCUT2D eigenvalue weighted by atomic mass is 15.0. The molecule has 0 saturated carbocycles. The molecule has 1 aliphatic heterocycles. The van der Waals surface area contributed by atoms with Crippen LogP contribution in [-0.2, 0) is 0 Å². The standard InChI is InChI=1S/C12H16N2/c1-8-6-5-7-9-10(8)14-11(13-9)12(2,3)4/h5-7,9H,1-4H3. The maximum atomic E-state index is 4.62. The molecule has 14 heavy (non-hydrogen) atoms. The van der Waals surface area contributed by atoms with Crippen molar-refractivity contribution in [1.29, 1.82) is 0 Å². The van der Waals surface area contributed by atoms with Gasteiger partial charge in [-0.05, 0) is 12.5 Å². The first-order valence-corrected chi connectivity index (χ1v) is 5.01. The highest BCUT2D eigenvalue weighted by molar-refractivity contribution is 6.16. The second-order valence-corrected chi connectivity index (χ2v) is 4.88. The Bertz CT molecular complexity index is 376. The van der Waals surface area contributed by atoms with Gasteiger partial charge in [0, 0.05) is 5.41 Å². The van der Waals surface area contributed by atoms with E-state index >= 15 is 0 Å². The van der Waals surface area contributed by atoms with Crippen LogP contribution in [0.3, 0.4) is 0 Å². The maximum absolute atomic E-state index is 4.62. The van der Waals surface area contributed by atoms with E-state index in [1.165, 1.54) is 5.57 Å². The minimum atomic E-state index is 0.0540. The van der Waals surface area contributed by atoms with Crippen LogP contribution in [0.4, 0.5) is 0 Å². The van der Waals surface area contributed by atoms with Crippen molar-refractivity contribution in [2.24, 2.45) is 15.4 Å². The van der Waals surface area contributed by atoms with Gasteiger partial charge in [0.15, 0.2) is 0 Å². The van der Waals surface area contributed by atoms with Crippen LogP contribution >= 0.6 is 0 Å². The molecule has 2 nitrogen and oxygen atoms in total. The lowest BCUT2D eigenvalue weighted by Crippen LogP contribution is -2.16. The Morgan fingerprint density at radius 3 is 2.57 bits per heavy atom. The lowest BCUT2D eigenvalue weighted by atomic mass is 9.95. The molecule has 2 rings (SSSR count). The molecule has 2 heteroatoms. The van der Waals surface area contributed by atoms with Crippen LogP contribution in [0.15, 0.2) is 33.8 Å². The zero-order valence-corrected chi connectivity index (χ0v) is 9.20. The Balaban J connectivity index is 2.38. The molecule has 0 amide bonds. The summed E-state index contributed by atoms with van der Waals surface area (Å²) in [5, 5.41) is 0. The molecule has 0 aromatic rings. The quantitative estimate of drug-likeness (QED) is 0.558. The number of rotatable bonds is 0. The molecule has 74 valence electrons. The number of hydrogen-bond donors (Lipinski definition) is 0. The van der Waals surface area contributed by atoms with E-state index in [0.717, 1.165) is 11.5 Å². The lowest BCUT2D eigenvalue weighted by Gasteiger charge is -2.14. The minimum absolute atomic E-state index is 0.0540. The monoisotopic (exact) mass is 188 g/mol. The van der Waals surface area contributed by atoms with Gasteiger partial charge < -0.3 is 0 Å². The van der Waals surface area contributed by atoms with Crippen LogP contribution in [-0.4, -0.2) is 17.6 Å². The summed E-state index contributed by atoms with van der Waals surface area (Å²) in [5.41, 5.74) is 2.41. The third kappa shape index (κ3) is 1.45. The number of amidine groups is 1. The van der Waals surface area contributed by atoms with Gasteiger partial charge in [0.05, 0.1) is 5.71 Å². The van der Waals surface area contributed by atoms with Crippen LogP contribution in [0.2, 0.25) is 0 Å². The molecule has 2 aliphatic rings. The molecular weight excluding hydrogens is 172 g/mol. The van der Waals surface area contributed by atoms with Crippen molar-refractivity contribution in [2.45, 2.75) is 33.7 Å². The van der Waals surface area contributed by atoms with Crippen molar-refractivity contribution >= 4 is 11.5 Å². The Morgan fingerprint density at radius 2 is 2.00 bits per heavy atom. The number of fused-ring (bicyclic) bond motifs is 1. The summed E-state index contributed by atoms with van der Waals surface area (Å²) in [7, 11) is 0. The fourth-order valence-corrected chi connectivity index (χ4v) is 1.61. The van der Waals surface area contributed by atoms with Gasteiger partial charge in [-0.1, -0.05) is 39.0 Å². The zero-order chi connectivity index (χ0) is 10.3. The van der Waals surface area contributed by atoms with E-state index in [1.807, 2.05) is 0 Å². The van der Waals surface area contributed by atoms with E-state index in [4.69, 9.17) is 0 Å². The van der Waals surface area contributed by atoms with E-state index in [2.05, 4.69) is 55.9 Å². The van der Waals surface area contributed by atoms with Crippen LogP contribution in [0.1, 0.15) is 27.7 Å². The summed E-state index contributed by atoms with van der Waals surface area (Å²) in [4.78, 5) is 9.23. The summed E-state index contributed by atoms with van der Waals surface area (Å²) >= 11 is 0. The van der Waals surface area contributed by atoms with Gasteiger partial charge in [0.2, 0.25) is 0 Å². The SMILES string of the molecule is CC1=CC=CC2N=C(C(C)(C)C)N=C12. The maximum Gasteiger partial charge on any atom is 0.130 e. The molecule has 0 aromatic carbocycles. The van der Waals surface area contributed by atoms with E-state index < -0.39 is 0 Å². The van der Waals surface area contributed by atoms with Gasteiger partial charge in [-0.3, -0.25) is 4.99 Å². The molecule has 0 saturated heterocycles. The van der Waals surface area contributed by atoms with Gasteiger partial charge in [-0.2, -0.15) is 0 Å². The Kier molecular flexibility index (Phi) is 1.95. The third-order valence-corrected chi connectivity index (χ3v) is 2.48. The van der Waals surface area contributed by atoms with Crippen LogP contribution in [0.25, 0.3) is 0 Å². The van der Waals surface area contributed by atoms with Crippen LogP contribution in [0.5, 0.6) is 0 Å². The summed E-state index contributed by atoms with van der Waals surface area (Å²) in [5.74, 6) is 0.969. The summed E-state index contributed by atoms with van der Waals surface area (Å²) in [6.45, 7) is 8.54. The first-order valence-electron chi connectivity index (χ1n) is 5.01. The molecule has 0 N–H and O–H groups in total. The van der Waals surface area contributed by atoms with E-state index in [1.54, 1.807) is 0 Å². The number of nitrogens with zero attached hydrogens (tertiary/aromatic N) is 2. The first-order chi connectivity index (χ1) is 6.48. The van der Waals surface area contributed by atoms with E-state index in [-0.39, 0.29) is 11.5 Å². The van der Waals surface area contributed by atoms with Gasteiger partial charge >= 0.3 is 0 Å². The molecule has 0 radical (unpaired) electrons. The predicted molar refractivity (Wildman–Crippen MR) is 61.0 cm³/mol. The summed E-state index contributed by atoms with van der Waals surface area (Å²) in [6, 6.07) is 0.175. The topological polar surface area (TPSA) is 24.7 Å². The van der Waals surface area contributed by atoms with Crippen molar-refractivity contribution in [1.82, 2.24) is 0 Å². The van der Waals surface area contributed by atoms with Gasteiger partial charge in [-0.25, -0.2) is 4.99 Å². The fraction of sp³-hybridized carbons (Fsp3) is 0.500. The van der Waals surface area contributed by atoms with Gasteiger partial charge in [-0.15, -0.1) is 0 Å². The highest BCUT2D eigenvalue weighted by Crippen LogP contribution is 2.26. The van der Waals surface area contributed by atoms with Crippen LogP contribution in [0, 0.1) is 5.41 Å².